The molecule has 1 aliphatic carbocycles. The van der Waals surface area contributed by atoms with E-state index in [1.165, 1.54) is 19.2 Å². The molecule has 4 nitrogen and oxygen atoms in total. The van der Waals surface area contributed by atoms with Gasteiger partial charge in [0.25, 0.3) is 0 Å². The molecule has 0 aromatic heterocycles. The van der Waals surface area contributed by atoms with Crippen molar-refractivity contribution in [1.82, 2.24) is 4.31 Å². The van der Waals surface area contributed by atoms with Crippen LogP contribution >= 0.6 is 0 Å². The van der Waals surface area contributed by atoms with E-state index in [1.54, 1.807) is 0 Å². The number of benzene rings is 2. The number of halogens is 3. The van der Waals surface area contributed by atoms with Crippen LogP contribution in [0.1, 0.15) is 30.0 Å². The van der Waals surface area contributed by atoms with E-state index in [9.17, 15) is 21.6 Å². The van der Waals surface area contributed by atoms with Crippen molar-refractivity contribution < 1.29 is 26.3 Å². The zero-order valence-corrected chi connectivity index (χ0v) is 14.8. The molecule has 3 rings (SSSR count). The third-order valence-corrected chi connectivity index (χ3v) is 6.41. The highest BCUT2D eigenvalue weighted by Crippen LogP contribution is 2.38. The number of rotatable bonds is 4. The van der Waals surface area contributed by atoms with Crippen molar-refractivity contribution in [2.24, 2.45) is 0 Å². The number of para-hydroxylation sites is 1. The van der Waals surface area contributed by atoms with Crippen LogP contribution in [0.15, 0.2) is 53.4 Å². The molecule has 0 heterocycles. The fraction of sp³-hybridized carbons (Fsp3) is 0.333. The molecule has 1 atom stereocenters. The second-order valence-corrected chi connectivity index (χ2v) is 8.09. The first-order valence-electron chi connectivity index (χ1n) is 8.11. The Labute approximate surface area is 150 Å². The van der Waals surface area contributed by atoms with Crippen molar-refractivity contribution in [2.75, 3.05) is 7.05 Å². The Bertz CT molecular complexity index is 897. The quantitative estimate of drug-likeness (QED) is 0.789. The maximum absolute atomic E-state index is 13.0. The molecule has 0 aliphatic heterocycles. The van der Waals surface area contributed by atoms with Gasteiger partial charge in [-0.1, -0.05) is 36.4 Å². The minimum atomic E-state index is -4.97. The van der Waals surface area contributed by atoms with Gasteiger partial charge in [0.05, 0.1) is 0 Å². The van der Waals surface area contributed by atoms with Gasteiger partial charge in [-0.2, -0.15) is 4.31 Å². The summed E-state index contributed by atoms with van der Waals surface area (Å²) in [4.78, 5) is -0.497. The van der Waals surface area contributed by atoms with Gasteiger partial charge in [-0.3, -0.25) is 0 Å². The molecule has 0 spiro atoms. The first kappa shape index (κ1) is 18.7. The first-order chi connectivity index (χ1) is 12.2. The molecule has 0 N–H and O–H groups in total. The van der Waals surface area contributed by atoms with E-state index in [0.29, 0.717) is 6.42 Å². The topological polar surface area (TPSA) is 46.6 Å². The van der Waals surface area contributed by atoms with E-state index < -0.39 is 33.1 Å². The summed E-state index contributed by atoms with van der Waals surface area (Å²) < 4.78 is 69.0. The van der Waals surface area contributed by atoms with Gasteiger partial charge in [-0.05, 0) is 42.5 Å². The molecule has 0 radical (unpaired) electrons. The molecule has 0 unspecified atom stereocenters. The third kappa shape index (κ3) is 3.71. The number of alkyl halides is 3. The summed E-state index contributed by atoms with van der Waals surface area (Å²) in [5, 5.41) is 0. The summed E-state index contributed by atoms with van der Waals surface area (Å²) in [5.41, 5.74) is 1.95. The minimum absolute atomic E-state index is 0.427. The molecule has 8 heteroatoms. The van der Waals surface area contributed by atoms with Crippen molar-refractivity contribution >= 4 is 10.0 Å². The predicted molar refractivity (Wildman–Crippen MR) is 90.2 cm³/mol. The Hall–Kier alpha value is -2.06. The van der Waals surface area contributed by atoms with Gasteiger partial charge in [0, 0.05) is 13.1 Å². The largest absolute Gasteiger partial charge is 0.573 e. The summed E-state index contributed by atoms with van der Waals surface area (Å²) in [5.74, 6) is -0.726. The standard InChI is InChI=1S/C18H18F3NO3S/c1-22(15-10-6-8-13-7-2-3-9-14(13)15)26(23,24)17-12-5-4-11-16(17)25-18(19,20)21/h2-5,7,9,11-12,15H,6,8,10H2,1H3/t15-/m0/s1. The average Bonchev–Trinajstić information content (AvgIpc) is 2.59. The van der Waals surface area contributed by atoms with Gasteiger partial charge in [0.15, 0.2) is 0 Å². The van der Waals surface area contributed by atoms with E-state index >= 15 is 0 Å². The number of hydrogen-bond acceptors (Lipinski definition) is 3. The van der Waals surface area contributed by atoms with Gasteiger partial charge in [-0.25, -0.2) is 8.42 Å². The highest BCUT2D eigenvalue weighted by Gasteiger charge is 2.37. The van der Waals surface area contributed by atoms with Crippen LogP contribution in [0.3, 0.4) is 0 Å². The highest BCUT2D eigenvalue weighted by atomic mass is 32.2. The lowest BCUT2D eigenvalue weighted by molar-refractivity contribution is -0.275. The Morgan fingerprint density at radius 1 is 1.08 bits per heavy atom. The second kappa shape index (κ2) is 6.92. The van der Waals surface area contributed by atoms with Crippen LogP contribution in [0.2, 0.25) is 0 Å². The molecule has 0 fully saturated rings. The molecule has 0 saturated carbocycles. The van der Waals surface area contributed by atoms with Crippen molar-refractivity contribution in [3.8, 4) is 5.75 Å². The van der Waals surface area contributed by atoms with Crippen molar-refractivity contribution in [3.05, 3.63) is 59.7 Å². The van der Waals surface area contributed by atoms with Crippen LogP contribution in [0.25, 0.3) is 0 Å². The fourth-order valence-corrected chi connectivity index (χ4v) is 4.78. The predicted octanol–water partition coefficient (Wildman–Crippen LogP) is 4.28. The maximum Gasteiger partial charge on any atom is 0.573 e. The number of ether oxygens (including phenoxy) is 1. The smallest absolute Gasteiger partial charge is 0.404 e. The molecular formula is C18H18F3NO3S. The summed E-state index contributed by atoms with van der Waals surface area (Å²) in [6.07, 6.45) is -2.70. The lowest BCUT2D eigenvalue weighted by Gasteiger charge is -2.32. The Morgan fingerprint density at radius 2 is 1.73 bits per heavy atom. The Morgan fingerprint density at radius 3 is 2.46 bits per heavy atom. The van der Waals surface area contributed by atoms with Crippen LogP contribution in [-0.4, -0.2) is 26.1 Å². The van der Waals surface area contributed by atoms with Crippen LogP contribution in [0, 0.1) is 0 Å². The van der Waals surface area contributed by atoms with Crippen molar-refractivity contribution in [1.29, 1.82) is 0 Å². The van der Waals surface area contributed by atoms with E-state index in [-0.39, 0.29) is 0 Å². The number of hydrogen-bond donors (Lipinski definition) is 0. The normalized spacial score (nSPS) is 17.8. The lowest BCUT2D eigenvalue weighted by atomic mass is 9.88. The zero-order chi connectivity index (χ0) is 18.9. The molecule has 2 aromatic rings. The number of nitrogens with zero attached hydrogens (tertiary/aromatic N) is 1. The average molecular weight is 385 g/mol. The van der Waals surface area contributed by atoms with Crippen LogP contribution in [0.4, 0.5) is 13.2 Å². The Kier molecular flexibility index (Phi) is 4.98. The fourth-order valence-electron chi connectivity index (χ4n) is 3.30. The van der Waals surface area contributed by atoms with Crippen molar-refractivity contribution in [3.63, 3.8) is 0 Å². The zero-order valence-electron chi connectivity index (χ0n) is 14.0. The monoisotopic (exact) mass is 385 g/mol. The summed E-state index contributed by atoms with van der Waals surface area (Å²) >= 11 is 0. The number of fused-ring (bicyclic) bond motifs is 1. The van der Waals surface area contributed by atoms with Crippen LogP contribution in [-0.2, 0) is 16.4 Å². The van der Waals surface area contributed by atoms with E-state index in [4.69, 9.17) is 0 Å². The van der Waals surface area contributed by atoms with Gasteiger partial charge in [-0.15, -0.1) is 13.2 Å². The maximum atomic E-state index is 13.0. The molecule has 140 valence electrons. The van der Waals surface area contributed by atoms with E-state index in [0.717, 1.165) is 40.4 Å². The summed E-state index contributed by atoms with van der Waals surface area (Å²) in [7, 11) is -2.78. The molecule has 2 aromatic carbocycles. The van der Waals surface area contributed by atoms with Crippen LogP contribution < -0.4 is 4.74 Å². The lowest BCUT2D eigenvalue weighted by Crippen LogP contribution is -2.34. The number of sulfonamides is 1. The molecular weight excluding hydrogens is 367 g/mol. The summed E-state index contributed by atoms with van der Waals surface area (Å²) in [6.45, 7) is 0. The summed E-state index contributed by atoms with van der Waals surface area (Å²) in [6, 6.07) is 11.9. The van der Waals surface area contributed by atoms with Gasteiger partial charge >= 0.3 is 6.36 Å². The first-order valence-corrected chi connectivity index (χ1v) is 9.55. The van der Waals surface area contributed by atoms with E-state index in [1.807, 2.05) is 24.3 Å². The highest BCUT2D eigenvalue weighted by molar-refractivity contribution is 7.89. The number of aryl methyl sites for hydroxylation is 1. The molecule has 26 heavy (non-hydrogen) atoms. The van der Waals surface area contributed by atoms with Gasteiger partial charge in [0.2, 0.25) is 10.0 Å². The molecule has 1 aliphatic rings. The Balaban J connectivity index is 2.00. The van der Waals surface area contributed by atoms with E-state index in [2.05, 4.69) is 4.74 Å². The third-order valence-electron chi connectivity index (χ3n) is 4.51. The molecule has 0 amide bonds. The van der Waals surface area contributed by atoms with Gasteiger partial charge in [0.1, 0.15) is 10.6 Å². The SMILES string of the molecule is CN([C@H]1CCCc2ccccc21)S(=O)(=O)c1ccccc1OC(F)(F)F. The van der Waals surface area contributed by atoms with Gasteiger partial charge < -0.3 is 4.74 Å². The molecule has 0 bridgehead atoms. The van der Waals surface area contributed by atoms with Crippen LogP contribution in [0.5, 0.6) is 5.75 Å². The second-order valence-electron chi connectivity index (χ2n) is 6.12. The molecule has 0 saturated heterocycles. The minimum Gasteiger partial charge on any atom is -0.404 e. The van der Waals surface area contributed by atoms with Crippen molar-refractivity contribution in [2.45, 2.75) is 36.6 Å².